The first kappa shape index (κ1) is 12.9. The highest BCUT2D eigenvalue weighted by Crippen LogP contribution is 2.62. The molecule has 2 aliphatic carbocycles. The van der Waals surface area contributed by atoms with E-state index in [9.17, 15) is 22.7 Å². The van der Waals surface area contributed by atoms with Crippen molar-refractivity contribution < 1.29 is 22.7 Å². The van der Waals surface area contributed by atoms with Gasteiger partial charge in [-0.25, -0.2) is 4.39 Å². The standard InChI is InChI=1S/C14H14F4O/c15-11-5-4-7(6-10(11)14(16,17)18)13(19)12-8-2-1-3-9(8)12/h4-6,8-9,12-13,19H,1-3H2. The molecule has 3 atom stereocenters. The molecule has 2 aliphatic rings. The minimum Gasteiger partial charge on any atom is -0.388 e. The molecule has 104 valence electrons. The molecule has 1 N–H and O–H groups in total. The predicted octanol–water partition coefficient (Wildman–Crippen LogP) is 3.92. The van der Waals surface area contributed by atoms with Gasteiger partial charge in [-0.05, 0) is 48.3 Å². The van der Waals surface area contributed by atoms with Gasteiger partial charge in [0.2, 0.25) is 0 Å². The molecule has 0 bridgehead atoms. The fourth-order valence-electron chi connectivity index (χ4n) is 3.51. The van der Waals surface area contributed by atoms with Crippen molar-refractivity contribution in [2.45, 2.75) is 31.5 Å². The third-order valence-electron chi connectivity index (χ3n) is 4.47. The largest absolute Gasteiger partial charge is 0.419 e. The normalized spacial score (nSPS) is 31.1. The third kappa shape index (κ3) is 2.14. The van der Waals surface area contributed by atoms with E-state index >= 15 is 0 Å². The van der Waals surface area contributed by atoms with Crippen molar-refractivity contribution in [3.8, 4) is 0 Å². The lowest BCUT2D eigenvalue weighted by molar-refractivity contribution is -0.140. The Balaban J connectivity index is 1.85. The molecule has 0 aromatic heterocycles. The van der Waals surface area contributed by atoms with Crippen LogP contribution in [0.4, 0.5) is 17.6 Å². The van der Waals surface area contributed by atoms with Crippen LogP contribution < -0.4 is 0 Å². The Morgan fingerprint density at radius 2 is 1.79 bits per heavy atom. The van der Waals surface area contributed by atoms with Gasteiger partial charge in [-0.15, -0.1) is 0 Å². The molecule has 3 unspecified atom stereocenters. The number of fused-ring (bicyclic) bond motifs is 1. The predicted molar refractivity (Wildman–Crippen MR) is 60.7 cm³/mol. The van der Waals surface area contributed by atoms with Crippen molar-refractivity contribution in [1.29, 1.82) is 0 Å². The van der Waals surface area contributed by atoms with Crippen molar-refractivity contribution in [2.75, 3.05) is 0 Å². The Hall–Kier alpha value is -1.10. The van der Waals surface area contributed by atoms with Crippen LogP contribution >= 0.6 is 0 Å². The van der Waals surface area contributed by atoms with Crippen molar-refractivity contribution in [1.82, 2.24) is 0 Å². The second-order valence-corrected chi connectivity index (χ2v) is 5.52. The van der Waals surface area contributed by atoms with Gasteiger partial charge in [0, 0.05) is 0 Å². The summed E-state index contributed by atoms with van der Waals surface area (Å²) in [5.74, 6) is -0.358. The Morgan fingerprint density at radius 3 is 2.37 bits per heavy atom. The van der Waals surface area contributed by atoms with Crippen LogP contribution in [0.2, 0.25) is 0 Å². The molecule has 0 radical (unpaired) electrons. The van der Waals surface area contributed by atoms with Crippen LogP contribution in [0.5, 0.6) is 0 Å². The summed E-state index contributed by atoms with van der Waals surface area (Å²) in [7, 11) is 0. The minimum atomic E-state index is -4.72. The summed E-state index contributed by atoms with van der Waals surface area (Å²) < 4.78 is 51.0. The van der Waals surface area contributed by atoms with Crippen molar-refractivity contribution >= 4 is 0 Å². The van der Waals surface area contributed by atoms with E-state index < -0.39 is 23.7 Å². The third-order valence-corrected chi connectivity index (χ3v) is 4.47. The number of aliphatic hydroxyl groups excluding tert-OH is 1. The molecular weight excluding hydrogens is 260 g/mol. The molecule has 1 aromatic rings. The topological polar surface area (TPSA) is 20.2 Å². The summed E-state index contributed by atoms with van der Waals surface area (Å²) in [6.45, 7) is 0. The van der Waals surface area contributed by atoms with Crippen LogP contribution in [0.1, 0.15) is 36.5 Å². The molecule has 0 saturated heterocycles. The van der Waals surface area contributed by atoms with Gasteiger partial charge in [-0.3, -0.25) is 0 Å². The van der Waals surface area contributed by atoms with E-state index in [0.717, 1.165) is 31.4 Å². The molecular formula is C14H14F4O. The van der Waals surface area contributed by atoms with Gasteiger partial charge in [-0.2, -0.15) is 13.2 Å². The quantitative estimate of drug-likeness (QED) is 0.810. The highest BCUT2D eigenvalue weighted by Gasteiger charge is 2.56. The summed E-state index contributed by atoms with van der Waals surface area (Å²) in [5.41, 5.74) is -1.12. The van der Waals surface area contributed by atoms with Crippen LogP contribution in [0.25, 0.3) is 0 Å². The van der Waals surface area contributed by atoms with Gasteiger partial charge < -0.3 is 5.11 Å². The van der Waals surface area contributed by atoms with Gasteiger partial charge in [0.15, 0.2) is 0 Å². The molecule has 3 rings (SSSR count). The second kappa shape index (κ2) is 4.20. The molecule has 19 heavy (non-hydrogen) atoms. The first-order chi connectivity index (χ1) is 8.89. The maximum atomic E-state index is 13.2. The lowest BCUT2D eigenvalue weighted by atomic mass is 9.98. The number of benzene rings is 1. The zero-order chi connectivity index (χ0) is 13.8. The number of hydrogen-bond acceptors (Lipinski definition) is 1. The number of aliphatic hydroxyl groups is 1. The monoisotopic (exact) mass is 274 g/mol. The van der Waals surface area contributed by atoms with E-state index in [2.05, 4.69) is 0 Å². The van der Waals surface area contributed by atoms with Gasteiger partial charge in [0.1, 0.15) is 5.82 Å². The highest BCUT2D eigenvalue weighted by atomic mass is 19.4. The van der Waals surface area contributed by atoms with Crippen LogP contribution in [0, 0.1) is 23.6 Å². The van der Waals surface area contributed by atoms with E-state index in [-0.39, 0.29) is 11.5 Å². The zero-order valence-electron chi connectivity index (χ0n) is 10.1. The van der Waals surface area contributed by atoms with Gasteiger partial charge in [0.05, 0.1) is 11.7 Å². The lowest BCUT2D eigenvalue weighted by Crippen LogP contribution is -2.11. The molecule has 5 heteroatoms. The van der Waals surface area contributed by atoms with Gasteiger partial charge in [0.25, 0.3) is 0 Å². The number of rotatable bonds is 2. The summed E-state index contributed by atoms with van der Waals surface area (Å²) in [6.07, 6.45) is -2.41. The molecule has 2 saturated carbocycles. The SMILES string of the molecule is OC(c1ccc(F)c(C(F)(F)F)c1)C1C2CCCC21. The summed E-state index contributed by atoms with van der Waals surface area (Å²) in [6, 6.07) is 2.79. The number of halogens is 4. The average Bonchev–Trinajstić information content (AvgIpc) is 2.80. The highest BCUT2D eigenvalue weighted by molar-refractivity contribution is 5.30. The van der Waals surface area contributed by atoms with Crippen LogP contribution in [0.15, 0.2) is 18.2 Å². The minimum absolute atomic E-state index is 0.0558. The van der Waals surface area contributed by atoms with Crippen LogP contribution in [0.3, 0.4) is 0 Å². The maximum absolute atomic E-state index is 13.2. The fraction of sp³-hybridized carbons (Fsp3) is 0.571. The maximum Gasteiger partial charge on any atom is 0.419 e. The van der Waals surface area contributed by atoms with E-state index in [1.54, 1.807) is 0 Å². The van der Waals surface area contributed by atoms with E-state index in [0.29, 0.717) is 11.8 Å². The second-order valence-electron chi connectivity index (χ2n) is 5.52. The molecule has 0 aliphatic heterocycles. The molecule has 0 spiro atoms. The zero-order valence-corrected chi connectivity index (χ0v) is 10.1. The van der Waals surface area contributed by atoms with Gasteiger partial charge >= 0.3 is 6.18 Å². The van der Waals surface area contributed by atoms with Crippen LogP contribution in [-0.2, 0) is 6.18 Å². The van der Waals surface area contributed by atoms with Crippen molar-refractivity contribution in [2.24, 2.45) is 17.8 Å². The Labute approximate surface area is 108 Å². The Bertz CT molecular complexity index is 487. The summed E-state index contributed by atoms with van der Waals surface area (Å²) >= 11 is 0. The molecule has 2 fully saturated rings. The molecule has 0 heterocycles. The summed E-state index contributed by atoms with van der Waals surface area (Å²) in [4.78, 5) is 0. The smallest absolute Gasteiger partial charge is 0.388 e. The summed E-state index contributed by atoms with van der Waals surface area (Å²) in [5, 5.41) is 10.2. The molecule has 1 nitrogen and oxygen atoms in total. The van der Waals surface area contributed by atoms with Gasteiger partial charge in [-0.1, -0.05) is 12.5 Å². The Morgan fingerprint density at radius 1 is 1.16 bits per heavy atom. The number of alkyl halides is 3. The fourth-order valence-corrected chi connectivity index (χ4v) is 3.51. The number of hydrogen-bond donors (Lipinski definition) is 1. The van der Waals surface area contributed by atoms with Crippen LogP contribution in [-0.4, -0.2) is 5.11 Å². The van der Waals surface area contributed by atoms with E-state index in [1.165, 1.54) is 6.07 Å². The first-order valence-electron chi connectivity index (χ1n) is 6.44. The average molecular weight is 274 g/mol. The molecule has 1 aromatic carbocycles. The van der Waals surface area contributed by atoms with Crippen molar-refractivity contribution in [3.63, 3.8) is 0 Å². The Kier molecular flexibility index (Phi) is 2.85. The van der Waals surface area contributed by atoms with E-state index in [4.69, 9.17) is 0 Å². The van der Waals surface area contributed by atoms with Crippen molar-refractivity contribution in [3.05, 3.63) is 35.1 Å². The molecule has 0 amide bonds. The first-order valence-corrected chi connectivity index (χ1v) is 6.44. The lowest BCUT2D eigenvalue weighted by Gasteiger charge is -2.15. The van der Waals surface area contributed by atoms with E-state index in [1.807, 2.05) is 0 Å².